The third kappa shape index (κ3) is 3.58. The van der Waals surface area contributed by atoms with Gasteiger partial charge in [-0.15, -0.1) is 0 Å². The lowest BCUT2D eigenvalue weighted by Gasteiger charge is -2.17. The van der Waals surface area contributed by atoms with Gasteiger partial charge >= 0.3 is 0 Å². The second-order valence-electron chi connectivity index (χ2n) is 6.68. The minimum Gasteiger partial charge on any atom is -0.337 e. The zero-order chi connectivity index (χ0) is 17.9. The van der Waals surface area contributed by atoms with Crippen LogP contribution in [0.5, 0.6) is 0 Å². The SMILES string of the molecule is O=C1CC(NCc2cccc3cccnc23)CN1Cc1cccc(F)c1. The number of likely N-dealkylation sites (tertiary alicyclic amines) is 1. The van der Waals surface area contributed by atoms with E-state index in [2.05, 4.69) is 16.4 Å². The third-order valence-corrected chi connectivity index (χ3v) is 4.77. The van der Waals surface area contributed by atoms with Crippen LogP contribution in [0.3, 0.4) is 0 Å². The predicted molar refractivity (Wildman–Crippen MR) is 98.8 cm³/mol. The number of nitrogens with zero attached hydrogens (tertiary/aromatic N) is 2. The molecule has 26 heavy (non-hydrogen) atoms. The molecule has 3 aromatic rings. The van der Waals surface area contributed by atoms with E-state index in [9.17, 15) is 9.18 Å². The maximum atomic E-state index is 13.3. The fraction of sp³-hybridized carbons (Fsp3) is 0.238. The maximum Gasteiger partial charge on any atom is 0.224 e. The van der Waals surface area contributed by atoms with Gasteiger partial charge in [-0.05, 0) is 29.3 Å². The van der Waals surface area contributed by atoms with Crippen molar-refractivity contribution in [3.05, 3.63) is 77.7 Å². The number of fused-ring (bicyclic) bond motifs is 1. The molecule has 0 spiro atoms. The summed E-state index contributed by atoms with van der Waals surface area (Å²) >= 11 is 0. The number of aromatic nitrogens is 1. The number of benzene rings is 2. The van der Waals surface area contributed by atoms with E-state index in [1.165, 1.54) is 12.1 Å². The lowest BCUT2D eigenvalue weighted by atomic mass is 10.1. The van der Waals surface area contributed by atoms with Crippen molar-refractivity contribution >= 4 is 16.8 Å². The second-order valence-corrected chi connectivity index (χ2v) is 6.68. The number of rotatable bonds is 5. The van der Waals surface area contributed by atoms with Crippen LogP contribution in [0.25, 0.3) is 10.9 Å². The van der Waals surface area contributed by atoms with E-state index in [0.29, 0.717) is 26.1 Å². The molecule has 1 aliphatic rings. The maximum absolute atomic E-state index is 13.3. The fourth-order valence-corrected chi connectivity index (χ4v) is 3.48. The van der Waals surface area contributed by atoms with Gasteiger partial charge in [0, 0.05) is 43.7 Å². The number of pyridine rings is 1. The molecule has 1 aromatic heterocycles. The Kier molecular flexibility index (Phi) is 4.63. The molecule has 4 nitrogen and oxygen atoms in total. The van der Waals surface area contributed by atoms with Crippen LogP contribution >= 0.6 is 0 Å². The monoisotopic (exact) mass is 349 g/mol. The number of hydrogen-bond donors (Lipinski definition) is 1. The predicted octanol–water partition coefficient (Wildman–Crippen LogP) is 3.26. The summed E-state index contributed by atoms with van der Waals surface area (Å²) in [6.45, 7) is 1.75. The van der Waals surface area contributed by atoms with Gasteiger partial charge in [0.05, 0.1) is 5.52 Å². The standard InChI is InChI=1S/C21H20FN3O/c22-18-8-1-4-15(10-18)13-25-14-19(11-20(25)26)24-12-17-6-2-5-16-7-3-9-23-21(16)17/h1-10,19,24H,11-14H2. The molecule has 0 radical (unpaired) electrons. The Morgan fingerprint density at radius 1 is 1.15 bits per heavy atom. The number of nitrogens with one attached hydrogen (secondary N) is 1. The number of carbonyl (C=O) groups is 1. The van der Waals surface area contributed by atoms with Gasteiger partial charge in [0.25, 0.3) is 0 Å². The topological polar surface area (TPSA) is 45.2 Å². The first-order valence-corrected chi connectivity index (χ1v) is 8.77. The van der Waals surface area contributed by atoms with Crippen molar-refractivity contribution in [2.24, 2.45) is 0 Å². The molecule has 1 saturated heterocycles. The molecule has 1 N–H and O–H groups in total. The van der Waals surface area contributed by atoms with Crippen molar-refractivity contribution in [2.75, 3.05) is 6.54 Å². The number of halogens is 1. The molecule has 0 bridgehead atoms. The summed E-state index contributed by atoms with van der Waals surface area (Å²) in [5, 5.41) is 4.58. The van der Waals surface area contributed by atoms with E-state index in [0.717, 1.165) is 22.0 Å². The summed E-state index contributed by atoms with van der Waals surface area (Å²) < 4.78 is 13.3. The van der Waals surface area contributed by atoms with Crippen LogP contribution in [-0.4, -0.2) is 28.4 Å². The Balaban J connectivity index is 1.40. The van der Waals surface area contributed by atoms with Gasteiger partial charge in [0.1, 0.15) is 5.82 Å². The summed E-state index contributed by atoms with van der Waals surface area (Å²) in [6.07, 6.45) is 2.26. The van der Waals surface area contributed by atoms with Gasteiger partial charge in [-0.2, -0.15) is 0 Å². The van der Waals surface area contributed by atoms with Crippen LogP contribution in [0.1, 0.15) is 17.5 Å². The molecule has 1 amide bonds. The van der Waals surface area contributed by atoms with Crippen LogP contribution in [0.15, 0.2) is 60.8 Å². The Hall–Kier alpha value is -2.79. The Morgan fingerprint density at radius 3 is 2.88 bits per heavy atom. The van der Waals surface area contributed by atoms with E-state index in [4.69, 9.17) is 0 Å². The van der Waals surface area contributed by atoms with E-state index in [1.807, 2.05) is 30.3 Å². The molecular weight excluding hydrogens is 329 g/mol. The Bertz CT molecular complexity index is 938. The van der Waals surface area contributed by atoms with Crippen LogP contribution in [0, 0.1) is 5.82 Å². The first-order chi connectivity index (χ1) is 12.7. The van der Waals surface area contributed by atoms with E-state index >= 15 is 0 Å². The Labute approximate surface area is 151 Å². The van der Waals surface area contributed by atoms with E-state index in [-0.39, 0.29) is 17.8 Å². The highest BCUT2D eigenvalue weighted by Crippen LogP contribution is 2.19. The highest BCUT2D eigenvalue weighted by atomic mass is 19.1. The number of para-hydroxylation sites is 1. The van der Waals surface area contributed by atoms with Crippen LogP contribution in [0.4, 0.5) is 4.39 Å². The molecule has 1 fully saturated rings. The molecule has 4 rings (SSSR count). The zero-order valence-corrected chi connectivity index (χ0v) is 14.4. The average Bonchev–Trinajstić information content (AvgIpc) is 2.99. The van der Waals surface area contributed by atoms with Crippen molar-refractivity contribution in [1.29, 1.82) is 0 Å². The lowest BCUT2D eigenvalue weighted by Crippen LogP contribution is -2.32. The second kappa shape index (κ2) is 7.22. The van der Waals surface area contributed by atoms with Gasteiger partial charge in [-0.3, -0.25) is 9.78 Å². The molecule has 0 saturated carbocycles. The molecule has 2 aromatic carbocycles. The third-order valence-electron chi connectivity index (χ3n) is 4.77. The van der Waals surface area contributed by atoms with Gasteiger partial charge in [-0.1, -0.05) is 36.4 Å². The smallest absolute Gasteiger partial charge is 0.224 e. The summed E-state index contributed by atoms with van der Waals surface area (Å²) in [6, 6.07) is 16.6. The molecular formula is C21H20FN3O. The quantitative estimate of drug-likeness (QED) is 0.769. The minimum absolute atomic E-state index is 0.0926. The summed E-state index contributed by atoms with van der Waals surface area (Å²) in [5.41, 5.74) is 2.93. The summed E-state index contributed by atoms with van der Waals surface area (Å²) in [7, 11) is 0. The van der Waals surface area contributed by atoms with Crippen LogP contribution in [-0.2, 0) is 17.9 Å². The normalized spacial score (nSPS) is 17.2. The zero-order valence-electron chi connectivity index (χ0n) is 14.4. The molecule has 5 heteroatoms. The molecule has 1 atom stereocenters. The molecule has 0 aliphatic carbocycles. The van der Waals surface area contributed by atoms with E-state index < -0.39 is 0 Å². The first kappa shape index (κ1) is 16.7. The number of hydrogen-bond acceptors (Lipinski definition) is 3. The van der Waals surface area contributed by atoms with Gasteiger partial charge in [0.15, 0.2) is 0 Å². The van der Waals surface area contributed by atoms with Crippen LogP contribution in [0.2, 0.25) is 0 Å². The minimum atomic E-state index is -0.271. The molecule has 1 aliphatic heterocycles. The molecule has 1 unspecified atom stereocenters. The highest BCUT2D eigenvalue weighted by Gasteiger charge is 2.29. The molecule has 132 valence electrons. The van der Waals surface area contributed by atoms with Crippen molar-refractivity contribution in [2.45, 2.75) is 25.6 Å². The number of amides is 1. The van der Waals surface area contributed by atoms with Crippen molar-refractivity contribution in [3.63, 3.8) is 0 Å². The van der Waals surface area contributed by atoms with Crippen molar-refractivity contribution < 1.29 is 9.18 Å². The number of carbonyl (C=O) groups excluding carboxylic acids is 1. The largest absolute Gasteiger partial charge is 0.337 e. The van der Waals surface area contributed by atoms with Crippen LogP contribution < -0.4 is 5.32 Å². The summed E-state index contributed by atoms with van der Waals surface area (Å²) in [5.74, 6) is -0.171. The fourth-order valence-electron chi connectivity index (χ4n) is 3.48. The van der Waals surface area contributed by atoms with Crippen molar-refractivity contribution in [1.82, 2.24) is 15.2 Å². The van der Waals surface area contributed by atoms with Gasteiger partial charge in [-0.25, -0.2) is 4.39 Å². The van der Waals surface area contributed by atoms with E-state index in [1.54, 1.807) is 17.2 Å². The van der Waals surface area contributed by atoms with Gasteiger partial charge in [0.2, 0.25) is 5.91 Å². The lowest BCUT2D eigenvalue weighted by molar-refractivity contribution is -0.128. The van der Waals surface area contributed by atoms with Gasteiger partial charge < -0.3 is 10.2 Å². The average molecular weight is 349 g/mol. The highest BCUT2D eigenvalue weighted by molar-refractivity contribution is 5.81. The Morgan fingerprint density at radius 2 is 2.00 bits per heavy atom. The van der Waals surface area contributed by atoms with Crippen molar-refractivity contribution in [3.8, 4) is 0 Å². The first-order valence-electron chi connectivity index (χ1n) is 8.77. The summed E-state index contributed by atoms with van der Waals surface area (Å²) in [4.78, 5) is 18.5. The molecule has 2 heterocycles.